The van der Waals surface area contributed by atoms with Gasteiger partial charge in [-0.15, -0.1) is 0 Å². The summed E-state index contributed by atoms with van der Waals surface area (Å²) in [6.07, 6.45) is 8.38. The summed E-state index contributed by atoms with van der Waals surface area (Å²) in [7, 11) is 0.374. The number of likely N-dealkylation sites (N-methyl/N-ethyl adjacent to an activating group) is 1. The number of rotatable bonds is 14. The van der Waals surface area contributed by atoms with Gasteiger partial charge in [-0.3, -0.25) is 0 Å². The molecule has 0 aliphatic heterocycles. The first-order valence-electron chi connectivity index (χ1n) is 11.0. The molecule has 1 N–H and O–H groups in total. The van der Waals surface area contributed by atoms with E-state index in [1.807, 2.05) is 0 Å². The monoisotopic (exact) mass is 460 g/mol. The SMILES string of the molecule is COCCN(C)CCCCCCO[C@H]1CC[C@H](NS(=O)(=O)c2ccc(Cl)cc2)CC1. The lowest BCUT2D eigenvalue weighted by Crippen LogP contribution is -2.39. The molecular formula is C22H37ClN2O4S. The number of nitrogens with one attached hydrogen (secondary N) is 1. The minimum atomic E-state index is -3.50. The van der Waals surface area contributed by atoms with Gasteiger partial charge in [-0.05, 0) is 76.4 Å². The fourth-order valence-electron chi connectivity index (χ4n) is 3.69. The number of hydrogen-bond acceptors (Lipinski definition) is 5. The summed E-state index contributed by atoms with van der Waals surface area (Å²) in [5, 5.41) is 0.529. The summed E-state index contributed by atoms with van der Waals surface area (Å²) >= 11 is 5.84. The van der Waals surface area contributed by atoms with Crippen molar-refractivity contribution in [3.05, 3.63) is 29.3 Å². The van der Waals surface area contributed by atoms with Gasteiger partial charge in [0.25, 0.3) is 0 Å². The molecule has 1 aliphatic rings. The van der Waals surface area contributed by atoms with E-state index in [0.717, 1.165) is 58.4 Å². The number of methoxy groups -OCH3 is 1. The summed E-state index contributed by atoms with van der Waals surface area (Å²) in [5.41, 5.74) is 0. The molecule has 1 aromatic rings. The van der Waals surface area contributed by atoms with Crippen LogP contribution in [0.5, 0.6) is 0 Å². The van der Waals surface area contributed by atoms with E-state index in [4.69, 9.17) is 21.1 Å². The fraction of sp³-hybridized carbons (Fsp3) is 0.727. The molecule has 2 rings (SSSR count). The van der Waals surface area contributed by atoms with Gasteiger partial charge in [0, 0.05) is 31.3 Å². The lowest BCUT2D eigenvalue weighted by molar-refractivity contribution is 0.0219. The van der Waals surface area contributed by atoms with Gasteiger partial charge in [-0.1, -0.05) is 24.4 Å². The average Bonchev–Trinajstić information content (AvgIpc) is 2.73. The third-order valence-electron chi connectivity index (χ3n) is 5.58. The molecule has 0 radical (unpaired) electrons. The molecule has 0 unspecified atom stereocenters. The van der Waals surface area contributed by atoms with Crippen LogP contribution in [0.1, 0.15) is 51.4 Å². The van der Waals surface area contributed by atoms with Crippen molar-refractivity contribution in [3.8, 4) is 0 Å². The molecule has 1 fully saturated rings. The van der Waals surface area contributed by atoms with E-state index >= 15 is 0 Å². The number of nitrogens with zero attached hydrogens (tertiary/aromatic N) is 1. The van der Waals surface area contributed by atoms with Crippen molar-refractivity contribution in [2.75, 3.05) is 40.5 Å². The Morgan fingerprint density at radius 1 is 1.00 bits per heavy atom. The van der Waals surface area contributed by atoms with Crippen molar-refractivity contribution >= 4 is 21.6 Å². The minimum Gasteiger partial charge on any atom is -0.383 e. The topological polar surface area (TPSA) is 67.9 Å². The maximum absolute atomic E-state index is 12.5. The molecule has 0 heterocycles. The van der Waals surface area contributed by atoms with Gasteiger partial charge in [-0.25, -0.2) is 13.1 Å². The van der Waals surface area contributed by atoms with Crippen molar-refractivity contribution in [3.63, 3.8) is 0 Å². The molecular weight excluding hydrogens is 424 g/mol. The molecule has 1 aromatic carbocycles. The Morgan fingerprint density at radius 2 is 1.67 bits per heavy atom. The first-order valence-corrected chi connectivity index (χ1v) is 12.8. The van der Waals surface area contributed by atoms with E-state index in [1.165, 1.54) is 31.4 Å². The normalized spacial score (nSPS) is 20.0. The Bertz CT molecular complexity index is 692. The van der Waals surface area contributed by atoms with Gasteiger partial charge >= 0.3 is 0 Å². The lowest BCUT2D eigenvalue weighted by atomic mass is 9.94. The summed E-state index contributed by atoms with van der Waals surface area (Å²) < 4.78 is 38.9. The first kappa shape index (κ1) is 25.6. The second-order valence-electron chi connectivity index (χ2n) is 8.13. The van der Waals surface area contributed by atoms with E-state index in [-0.39, 0.29) is 17.0 Å². The summed E-state index contributed by atoms with van der Waals surface area (Å²) in [6, 6.07) is 6.25. The highest BCUT2D eigenvalue weighted by atomic mass is 35.5. The first-order chi connectivity index (χ1) is 14.4. The summed E-state index contributed by atoms with van der Waals surface area (Å²) in [4.78, 5) is 2.56. The number of ether oxygens (including phenoxy) is 2. The average molecular weight is 461 g/mol. The molecule has 30 heavy (non-hydrogen) atoms. The van der Waals surface area contributed by atoms with E-state index < -0.39 is 10.0 Å². The largest absolute Gasteiger partial charge is 0.383 e. The molecule has 8 heteroatoms. The van der Waals surface area contributed by atoms with Gasteiger partial charge in [0.2, 0.25) is 10.0 Å². The Balaban J connectivity index is 1.54. The Kier molecular flexibility index (Phi) is 11.6. The van der Waals surface area contributed by atoms with Gasteiger partial charge < -0.3 is 14.4 Å². The standard InChI is InChI=1S/C22H37ClN2O4S/c1-25(16-18-28-2)15-5-3-4-6-17-29-21-11-9-20(10-12-21)24-30(26,27)22-13-7-19(23)8-14-22/h7-8,13-14,20-21,24H,3-6,9-12,15-18H2,1-2H3/t20-,21-. The molecule has 0 spiro atoms. The zero-order chi connectivity index (χ0) is 21.8. The van der Waals surface area contributed by atoms with Crippen LogP contribution in [-0.4, -0.2) is 65.9 Å². The number of unbranched alkanes of at least 4 members (excludes halogenated alkanes) is 3. The van der Waals surface area contributed by atoms with Crippen molar-refractivity contribution in [1.29, 1.82) is 0 Å². The molecule has 1 aliphatic carbocycles. The zero-order valence-corrected chi connectivity index (χ0v) is 19.9. The molecule has 0 bridgehead atoms. The van der Waals surface area contributed by atoms with Gasteiger partial charge in [0.1, 0.15) is 0 Å². The third-order valence-corrected chi connectivity index (χ3v) is 7.37. The van der Waals surface area contributed by atoms with Gasteiger partial charge in [0.05, 0.1) is 17.6 Å². The third kappa shape index (κ3) is 9.62. The van der Waals surface area contributed by atoms with E-state index in [0.29, 0.717) is 5.02 Å². The van der Waals surface area contributed by atoms with Crippen LogP contribution in [-0.2, 0) is 19.5 Å². The highest BCUT2D eigenvalue weighted by Gasteiger charge is 2.26. The Labute approximate surface area is 187 Å². The van der Waals surface area contributed by atoms with E-state index in [1.54, 1.807) is 19.2 Å². The predicted octanol–water partition coefficient (Wildman–Crippen LogP) is 4.08. The highest BCUT2D eigenvalue weighted by Crippen LogP contribution is 2.23. The molecule has 0 aromatic heterocycles. The second kappa shape index (κ2) is 13.7. The lowest BCUT2D eigenvalue weighted by Gasteiger charge is -2.29. The Morgan fingerprint density at radius 3 is 2.33 bits per heavy atom. The van der Waals surface area contributed by atoms with Crippen molar-refractivity contribution in [1.82, 2.24) is 9.62 Å². The Hall–Kier alpha value is -0.700. The number of halogens is 1. The van der Waals surface area contributed by atoms with Crippen LogP contribution in [0.15, 0.2) is 29.2 Å². The molecule has 0 amide bonds. The van der Waals surface area contributed by atoms with Crippen LogP contribution < -0.4 is 4.72 Å². The van der Waals surface area contributed by atoms with E-state index in [9.17, 15) is 8.42 Å². The van der Waals surface area contributed by atoms with Crippen LogP contribution >= 0.6 is 11.6 Å². The fourth-order valence-corrected chi connectivity index (χ4v) is 5.13. The van der Waals surface area contributed by atoms with Crippen molar-refractivity contribution < 1.29 is 17.9 Å². The summed E-state index contributed by atoms with van der Waals surface area (Å²) in [6.45, 7) is 3.68. The summed E-state index contributed by atoms with van der Waals surface area (Å²) in [5.74, 6) is 0. The minimum absolute atomic E-state index is 0.0272. The number of benzene rings is 1. The van der Waals surface area contributed by atoms with Gasteiger partial charge in [-0.2, -0.15) is 0 Å². The zero-order valence-electron chi connectivity index (χ0n) is 18.3. The highest BCUT2D eigenvalue weighted by molar-refractivity contribution is 7.89. The van der Waals surface area contributed by atoms with Crippen molar-refractivity contribution in [2.45, 2.75) is 68.4 Å². The molecule has 6 nitrogen and oxygen atoms in total. The molecule has 0 saturated heterocycles. The van der Waals surface area contributed by atoms with E-state index in [2.05, 4.69) is 16.7 Å². The number of sulfonamides is 1. The second-order valence-corrected chi connectivity index (χ2v) is 10.3. The van der Waals surface area contributed by atoms with Crippen LogP contribution in [0.25, 0.3) is 0 Å². The predicted molar refractivity (Wildman–Crippen MR) is 122 cm³/mol. The van der Waals surface area contributed by atoms with Crippen LogP contribution in [0.4, 0.5) is 0 Å². The maximum atomic E-state index is 12.5. The van der Waals surface area contributed by atoms with Crippen LogP contribution in [0, 0.1) is 0 Å². The molecule has 1 saturated carbocycles. The maximum Gasteiger partial charge on any atom is 0.240 e. The van der Waals surface area contributed by atoms with Crippen molar-refractivity contribution in [2.24, 2.45) is 0 Å². The van der Waals surface area contributed by atoms with Crippen LogP contribution in [0.3, 0.4) is 0 Å². The number of hydrogen-bond donors (Lipinski definition) is 1. The smallest absolute Gasteiger partial charge is 0.240 e. The molecule has 172 valence electrons. The molecule has 0 atom stereocenters. The van der Waals surface area contributed by atoms with Crippen LogP contribution in [0.2, 0.25) is 5.02 Å². The van der Waals surface area contributed by atoms with Gasteiger partial charge in [0.15, 0.2) is 0 Å². The quantitative estimate of drug-likeness (QED) is 0.423.